The molecule has 0 unspecified atom stereocenters. The first-order valence-corrected chi connectivity index (χ1v) is 11.3. The Morgan fingerprint density at radius 3 is 2.27 bits per heavy atom. The quantitative estimate of drug-likeness (QED) is 0.443. The summed E-state index contributed by atoms with van der Waals surface area (Å²) in [6.45, 7) is 5.90. The monoisotopic (exact) mass is 445 g/mol. The third-order valence-electron chi connectivity index (χ3n) is 5.25. The van der Waals surface area contributed by atoms with Crippen LogP contribution in [0.1, 0.15) is 29.8 Å². The molecule has 3 aromatic carbocycles. The van der Waals surface area contributed by atoms with Crippen LogP contribution in [0.3, 0.4) is 0 Å². The van der Waals surface area contributed by atoms with Crippen molar-refractivity contribution < 1.29 is 14.3 Å². The van der Waals surface area contributed by atoms with Crippen LogP contribution in [0.2, 0.25) is 0 Å². The molecule has 3 aromatic rings. The van der Waals surface area contributed by atoms with Crippen LogP contribution in [0.15, 0.2) is 78.9 Å². The molecule has 0 aliphatic heterocycles. The van der Waals surface area contributed by atoms with Gasteiger partial charge < -0.3 is 20.3 Å². The van der Waals surface area contributed by atoms with Crippen LogP contribution in [0.4, 0.5) is 11.4 Å². The first-order chi connectivity index (χ1) is 16.1. The second-order valence-electron chi connectivity index (χ2n) is 7.57. The van der Waals surface area contributed by atoms with Gasteiger partial charge in [0.1, 0.15) is 5.75 Å². The van der Waals surface area contributed by atoms with E-state index in [9.17, 15) is 9.59 Å². The third-order valence-corrected chi connectivity index (χ3v) is 5.25. The Morgan fingerprint density at radius 1 is 0.848 bits per heavy atom. The Morgan fingerprint density at radius 2 is 1.58 bits per heavy atom. The maximum atomic E-state index is 12.5. The Labute approximate surface area is 195 Å². The second kappa shape index (κ2) is 12.3. The molecule has 2 amide bonds. The molecule has 0 saturated heterocycles. The zero-order valence-electron chi connectivity index (χ0n) is 19.2. The molecule has 172 valence electrons. The van der Waals surface area contributed by atoms with Gasteiger partial charge >= 0.3 is 0 Å². The molecule has 33 heavy (non-hydrogen) atoms. The highest BCUT2D eigenvalue weighted by Gasteiger charge is 2.13. The van der Waals surface area contributed by atoms with Gasteiger partial charge in [0, 0.05) is 36.4 Å². The number of benzene rings is 3. The first kappa shape index (κ1) is 23.9. The highest BCUT2D eigenvalue weighted by Crippen LogP contribution is 2.17. The van der Waals surface area contributed by atoms with Crippen molar-refractivity contribution in [1.29, 1.82) is 0 Å². The van der Waals surface area contributed by atoms with Crippen LogP contribution in [0.25, 0.3) is 0 Å². The minimum atomic E-state index is -0.189. The molecule has 0 aliphatic carbocycles. The Bertz CT molecular complexity index is 1030. The predicted molar refractivity (Wildman–Crippen MR) is 133 cm³/mol. The Hall–Kier alpha value is -3.80. The molecule has 6 nitrogen and oxygen atoms in total. The third kappa shape index (κ3) is 7.38. The van der Waals surface area contributed by atoms with E-state index in [1.54, 1.807) is 29.2 Å². The summed E-state index contributed by atoms with van der Waals surface area (Å²) in [5.41, 5.74) is 3.23. The van der Waals surface area contributed by atoms with Gasteiger partial charge in [-0.3, -0.25) is 9.59 Å². The molecule has 0 fully saturated rings. The number of nitrogens with zero attached hydrogens (tertiary/aromatic N) is 1. The summed E-state index contributed by atoms with van der Waals surface area (Å²) in [4.78, 5) is 26.6. The van der Waals surface area contributed by atoms with E-state index in [0.29, 0.717) is 30.9 Å². The van der Waals surface area contributed by atoms with Crippen LogP contribution in [-0.4, -0.2) is 43.0 Å². The van der Waals surface area contributed by atoms with Crippen LogP contribution in [0, 0.1) is 0 Å². The lowest BCUT2D eigenvalue weighted by molar-refractivity contribution is -0.114. The van der Waals surface area contributed by atoms with Gasteiger partial charge in [0.2, 0.25) is 5.91 Å². The largest absolute Gasteiger partial charge is 0.493 e. The van der Waals surface area contributed by atoms with Gasteiger partial charge in [0.15, 0.2) is 0 Å². The minimum Gasteiger partial charge on any atom is -0.493 e. The zero-order chi connectivity index (χ0) is 23.5. The van der Waals surface area contributed by atoms with Gasteiger partial charge in [-0.2, -0.15) is 0 Å². The van der Waals surface area contributed by atoms with E-state index in [4.69, 9.17) is 4.74 Å². The fourth-order valence-electron chi connectivity index (χ4n) is 3.41. The van der Waals surface area contributed by atoms with E-state index in [0.717, 1.165) is 17.9 Å². The molecule has 0 spiro atoms. The maximum Gasteiger partial charge on any atom is 0.253 e. The fraction of sp³-hybridized carbons (Fsp3) is 0.259. The van der Waals surface area contributed by atoms with E-state index in [-0.39, 0.29) is 18.4 Å². The zero-order valence-corrected chi connectivity index (χ0v) is 19.2. The number of nitrogens with one attached hydrogen (secondary N) is 2. The molecular weight excluding hydrogens is 414 g/mol. The van der Waals surface area contributed by atoms with Gasteiger partial charge in [0.05, 0.1) is 13.2 Å². The molecule has 0 aromatic heterocycles. The lowest BCUT2D eigenvalue weighted by Crippen LogP contribution is -2.30. The highest BCUT2D eigenvalue weighted by atomic mass is 16.5. The summed E-state index contributed by atoms with van der Waals surface area (Å²) in [5.74, 6) is 0.557. The number of hydrogen-bond acceptors (Lipinski definition) is 4. The number of carbonyl (C=O) groups is 2. The first-order valence-electron chi connectivity index (χ1n) is 11.3. The van der Waals surface area contributed by atoms with Crippen LogP contribution in [0.5, 0.6) is 5.75 Å². The summed E-state index contributed by atoms with van der Waals surface area (Å²) in [7, 11) is 0. The molecule has 3 rings (SSSR count). The molecule has 0 atom stereocenters. The summed E-state index contributed by atoms with van der Waals surface area (Å²) in [6, 6.07) is 24.8. The second-order valence-corrected chi connectivity index (χ2v) is 7.57. The van der Waals surface area contributed by atoms with Crippen molar-refractivity contribution in [2.75, 3.05) is 36.9 Å². The topological polar surface area (TPSA) is 70.7 Å². The van der Waals surface area contributed by atoms with Crippen LogP contribution >= 0.6 is 0 Å². The molecule has 2 N–H and O–H groups in total. The number of ether oxygens (including phenoxy) is 1. The van der Waals surface area contributed by atoms with Crippen molar-refractivity contribution in [1.82, 2.24) is 4.90 Å². The summed E-state index contributed by atoms with van der Waals surface area (Å²) >= 11 is 0. The predicted octanol–water partition coefficient (Wildman–Crippen LogP) is 4.84. The lowest BCUT2D eigenvalue weighted by Gasteiger charge is -2.19. The number of rotatable bonds is 11. The molecule has 0 saturated carbocycles. The molecule has 0 heterocycles. The highest BCUT2D eigenvalue weighted by molar-refractivity contribution is 5.98. The number of amides is 2. The van der Waals surface area contributed by atoms with E-state index in [2.05, 4.69) is 22.8 Å². The Balaban J connectivity index is 1.45. The van der Waals surface area contributed by atoms with E-state index >= 15 is 0 Å². The number of hydrogen-bond donors (Lipinski definition) is 2. The molecular formula is C27H31N3O3. The van der Waals surface area contributed by atoms with Gasteiger partial charge in [-0.25, -0.2) is 0 Å². The van der Waals surface area contributed by atoms with E-state index in [1.807, 2.05) is 56.3 Å². The van der Waals surface area contributed by atoms with Crippen LogP contribution in [-0.2, 0) is 11.2 Å². The van der Waals surface area contributed by atoms with Crippen molar-refractivity contribution in [2.45, 2.75) is 20.3 Å². The van der Waals surface area contributed by atoms with Gasteiger partial charge in [0.25, 0.3) is 5.91 Å². The van der Waals surface area contributed by atoms with Crippen molar-refractivity contribution in [3.8, 4) is 5.75 Å². The molecule has 0 bridgehead atoms. The molecule has 0 aliphatic rings. The SMILES string of the molecule is CCN(CC)C(=O)c1cccc(NC(=O)CNc2ccc(OCCc3ccccc3)cc2)c1. The van der Waals surface area contributed by atoms with Gasteiger partial charge in [-0.1, -0.05) is 36.4 Å². The van der Waals surface area contributed by atoms with Gasteiger partial charge in [-0.15, -0.1) is 0 Å². The summed E-state index contributed by atoms with van der Waals surface area (Å²) in [5, 5.41) is 5.95. The summed E-state index contributed by atoms with van der Waals surface area (Å²) in [6.07, 6.45) is 0.850. The lowest BCUT2D eigenvalue weighted by atomic mass is 10.1. The minimum absolute atomic E-state index is 0.0414. The smallest absolute Gasteiger partial charge is 0.253 e. The molecule has 0 radical (unpaired) electrons. The maximum absolute atomic E-state index is 12.5. The van der Waals surface area contributed by atoms with Crippen LogP contribution < -0.4 is 15.4 Å². The average molecular weight is 446 g/mol. The normalized spacial score (nSPS) is 10.4. The van der Waals surface area contributed by atoms with Crippen molar-refractivity contribution >= 4 is 23.2 Å². The van der Waals surface area contributed by atoms with Gasteiger partial charge in [-0.05, 0) is 61.9 Å². The number of carbonyl (C=O) groups excluding carboxylic acids is 2. The number of anilines is 2. The van der Waals surface area contributed by atoms with E-state index in [1.165, 1.54) is 5.56 Å². The van der Waals surface area contributed by atoms with Crippen molar-refractivity contribution in [3.05, 3.63) is 90.0 Å². The fourth-order valence-corrected chi connectivity index (χ4v) is 3.41. The van der Waals surface area contributed by atoms with E-state index < -0.39 is 0 Å². The molecule has 6 heteroatoms. The summed E-state index contributed by atoms with van der Waals surface area (Å²) < 4.78 is 5.79. The Kier molecular flexibility index (Phi) is 8.88. The van der Waals surface area contributed by atoms with Crippen molar-refractivity contribution in [2.24, 2.45) is 0 Å². The standard InChI is InChI=1S/C27H31N3O3/c1-3-30(4-2)27(32)22-11-8-12-24(19-22)29-26(31)20-28-23-13-15-25(16-14-23)33-18-17-21-9-6-5-7-10-21/h5-16,19,28H,3-4,17-18,20H2,1-2H3,(H,29,31). The van der Waals surface area contributed by atoms with Crippen molar-refractivity contribution in [3.63, 3.8) is 0 Å². The average Bonchev–Trinajstić information content (AvgIpc) is 2.85.